The molecular formula is C7H10F4N2O. The van der Waals surface area contributed by atoms with Gasteiger partial charge in [-0.15, -0.1) is 0 Å². The second kappa shape index (κ2) is 3.72. The maximum Gasteiger partial charge on any atom is 0.471 e. The van der Waals surface area contributed by atoms with Gasteiger partial charge in [0.25, 0.3) is 0 Å². The van der Waals surface area contributed by atoms with E-state index in [0.717, 1.165) is 0 Å². The van der Waals surface area contributed by atoms with Crippen LogP contribution in [0, 0.1) is 0 Å². The molecule has 1 saturated heterocycles. The Hall–Kier alpha value is -0.850. The molecule has 82 valence electrons. The van der Waals surface area contributed by atoms with E-state index in [0.29, 0.717) is 4.90 Å². The topological polar surface area (TPSA) is 46.3 Å². The maximum absolute atomic E-state index is 12.8. The smallest absolute Gasteiger partial charge is 0.333 e. The summed E-state index contributed by atoms with van der Waals surface area (Å²) >= 11 is 0. The summed E-state index contributed by atoms with van der Waals surface area (Å²) in [5.74, 6) is -1.94. The number of piperidine rings is 1. The zero-order valence-corrected chi connectivity index (χ0v) is 7.22. The second-order valence-electron chi connectivity index (χ2n) is 3.22. The van der Waals surface area contributed by atoms with Gasteiger partial charge in [0.2, 0.25) is 0 Å². The summed E-state index contributed by atoms with van der Waals surface area (Å²) in [4.78, 5) is 11.2. The van der Waals surface area contributed by atoms with E-state index in [1.54, 1.807) is 0 Å². The van der Waals surface area contributed by atoms with Gasteiger partial charge in [0.15, 0.2) is 0 Å². The monoisotopic (exact) mass is 214 g/mol. The number of amides is 1. The van der Waals surface area contributed by atoms with E-state index >= 15 is 0 Å². The molecule has 0 spiro atoms. The van der Waals surface area contributed by atoms with Crippen LogP contribution < -0.4 is 5.73 Å². The molecule has 2 unspecified atom stereocenters. The summed E-state index contributed by atoms with van der Waals surface area (Å²) in [5.41, 5.74) is 5.21. The van der Waals surface area contributed by atoms with Gasteiger partial charge in [-0.1, -0.05) is 0 Å². The fourth-order valence-corrected chi connectivity index (χ4v) is 1.32. The number of hydrogen-bond donors (Lipinski definition) is 1. The quantitative estimate of drug-likeness (QED) is 0.595. The summed E-state index contributed by atoms with van der Waals surface area (Å²) in [6.45, 7) is -0.604. The first-order chi connectivity index (χ1) is 6.32. The molecule has 1 amide bonds. The molecule has 1 heterocycles. The van der Waals surface area contributed by atoms with Crippen molar-refractivity contribution < 1.29 is 22.4 Å². The predicted octanol–water partition coefficient (Wildman–Crippen LogP) is 0.446. The highest BCUT2D eigenvalue weighted by atomic mass is 19.4. The van der Waals surface area contributed by atoms with Crippen molar-refractivity contribution in [3.8, 4) is 0 Å². The molecule has 3 nitrogen and oxygen atoms in total. The highest BCUT2D eigenvalue weighted by Crippen LogP contribution is 2.21. The van der Waals surface area contributed by atoms with Gasteiger partial charge in [0, 0.05) is 13.1 Å². The number of hydrogen-bond acceptors (Lipinski definition) is 2. The SMILES string of the molecule is NC1CN(C(=O)C(F)(F)F)CCC1F. The highest BCUT2D eigenvalue weighted by Gasteiger charge is 2.44. The van der Waals surface area contributed by atoms with Crippen LogP contribution in [-0.4, -0.2) is 42.3 Å². The first kappa shape index (κ1) is 11.2. The number of nitrogens with two attached hydrogens (primary N) is 1. The first-order valence-corrected chi connectivity index (χ1v) is 4.08. The van der Waals surface area contributed by atoms with Crippen LogP contribution in [0.25, 0.3) is 0 Å². The largest absolute Gasteiger partial charge is 0.471 e. The number of alkyl halides is 4. The van der Waals surface area contributed by atoms with Gasteiger partial charge in [-0.2, -0.15) is 13.2 Å². The Labute approximate surface area is 77.8 Å². The third-order valence-corrected chi connectivity index (χ3v) is 2.10. The third kappa shape index (κ3) is 2.34. The van der Waals surface area contributed by atoms with Crippen LogP contribution in [0.5, 0.6) is 0 Å². The minimum atomic E-state index is -4.90. The molecule has 0 aromatic carbocycles. The van der Waals surface area contributed by atoms with E-state index in [9.17, 15) is 22.4 Å². The van der Waals surface area contributed by atoms with E-state index in [2.05, 4.69) is 0 Å². The highest BCUT2D eigenvalue weighted by molar-refractivity contribution is 5.82. The lowest BCUT2D eigenvalue weighted by Gasteiger charge is -2.33. The summed E-state index contributed by atoms with van der Waals surface area (Å²) in [6.07, 6.45) is -6.36. The molecule has 2 atom stereocenters. The molecule has 2 N–H and O–H groups in total. The lowest BCUT2D eigenvalue weighted by atomic mass is 10.0. The van der Waals surface area contributed by atoms with Crippen molar-refractivity contribution in [3.63, 3.8) is 0 Å². The Morgan fingerprint density at radius 2 is 2.00 bits per heavy atom. The zero-order valence-electron chi connectivity index (χ0n) is 7.22. The Balaban J connectivity index is 2.59. The zero-order chi connectivity index (χ0) is 10.9. The molecule has 7 heteroatoms. The number of rotatable bonds is 0. The number of likely N-dealkylation sites (tertiary alicyclic amines) is 1. The predicted molar refractivity (Wildman–Crippen MR) is 40.1 cm³/mol. The van der Waals surface area contributed by atoms with Crippen LogP contribution in [0.2, 0.25) is 0 Å². The Morgan fingerprint density at radius 3 is 2.43 bits per heavy atom. The van der Waals surface area contributed by atoms with Gasteiger partial charge >= 0.3 is 12.1 Å². The molecule has 0 aromatic heterocycles. The summed E-state index contributed by atoms with van der Waals surface area (Å²) in [5, 5.41) is 0. The fraction of sp³-hybridized carbons (Fsp3) is 0.857. The molecule has 0 saturated carbocycles. The third-order valence-electron chi connectivity index (χ3n) is 2.10. The van der Waals surface area contributed by atoms with Crippen molar-refractivity contribution in [3.05, 3.63) is 0 Å². The van der Waals surface area contributed by atoms with Gasteiger partial charge in [-0.05, 0) is 6.42 Å². The summed E-state index contributed by atoms with van der Waals surface area (Å²) in [7, 11) is 0. The van der Waals surface area contributed by atoms with Crippen LogP contribution >= 0.6 is 0 Å². The molecule has 14 heavy (non-hydrogen) atoms. The summed E-state index contributed by atoms with van der Waals surface area (Å²) < 4.78 is 48.6. The van der Waals surface area contributed by atoms with Crippen LogP contribution in [0.1, 0.15) is 6.42 Å². The van der Waals surface area contributed by atoms with Gasteiger partial charge in [-0.25, -0.2) is 4.39 Å². The number of halogens is 4. The van der Waals surface area contributed by atoms with Crippen LogP contribution in [0.15, 0.2) is 0 Å². The number of nitrogens with zero attached hydrogens (tertiary/aromatic N) is 1. The van der Waals surface area contributed by atoms with Gasteiger partial charge in [-0.3, -0.25) is 4.79 Å². The Bertz CT molecular complexity index is 230. The molecule has 1 fully saturated rings. The van der Waals surface area contributed by atoms with Crippen LogP contribution in [-0.2, 0) is 4.79 Å². The minimum Gasteiger partial charge on any atom is -0.333 e. The minimum absolute atomic E-state index is 0.136. The fourth-order valence-electron chi connectivity index (χ4n) is 1.32. The molecule has 0 bridgehead atoms. The normalized spacial score (nSPS) is 29.1. The van der Waals surface area contributed by atoms with Crippen LogP contribution in [0.4, 0.5) is 17.6 Å². The van der Waals surface area contributed by atoms with E-state index in [-0.39, 0.29) is 19.5 Å². The van der Waals surface area contributed by atoms with Gasteiger partial charge < -0.3 is 10.6 Å². The van der Waals surface area contributed by atoms with Gasteiger partial charge in [0.05, 0.1) is 6.04 Å². The average molecular weight is 214 g/mol. The molecular weight excluding hydrogens is 204 g/mol. The second-order valence-corrected chi connectivity index (χ2v) is 3.22. The van der Waals surface area contributed by atoms with Gasteiger partial charge in [0.1, 0.15) is 6.17 Å². The number of carbonyl (C=O) groups excluding carboxylic acids is 1. The summed E-state index contributed by atoms with van der Waals surface area (Å²) in [6, 6.07) is -1.02. The van der Waals surface area contributed by atoms with Crippen molar-refractivity contribution in [2.24, 2.45) is 5.73 Å². The van der Waals surface area contributed by atoms with E-state index < -0.39 is 24.3 Å². The molecule has 0 radical (unpaired) electrons. The molecule has 1 rings (SSSR count). The maximum atomic E-state index is 12.8. The average Bonchev–Trinajstić information content (AvgIpc) is 2.07. The van der Waals surface area contributed by atoms with E-state index in [1.807, 2.05) is 0 Å². The Kier molecular flexibility index (Phi) is 2.98. The van der Waals surface area contributed by atoms with Crippen molar-refractivity contribution in [2.75, 3.05) is 13.1 Å². The molecule has 1 aliphatic rings. The molecule has 1 aliphatic heterocycles. The van der Waals surface area contributed by atoms with E-state index in [4.69, 9.17) is 5.73 Å². The van der Waals surface area contributed by atoms with Crippen molar-refractivity contribution in [2.45, 2.75) is 24.8 Å². The number of carbonyl (C=O) groups is 1. The van der Waals surface area contributed by atoms with Crippen LogP contribution in [0.3, 0.4) is 0 Å². The van der Waals surface area contributed by atoms with Crippen molar-refractivity contribution in [1.29, 1.82) is 0 Å². The standard InChI is InChI=1S/C7H10F4N2O/c8-4-1-2-13(3-5(4)12)6(14)7(9,10)11/h4-5H,1-3,12H2. The van der Waals surface area contributed by atoms with Crippen molar-refractivity contribution in [1.82, 2.24) is 4.90 Å². The van der Waals surface area contributed by atoms with E-state index in [1.165, 1.54) is 0 Å². The molecule has 0 aliphatic carbocycles. The first-order valence-electron chi connectivity index (χ1n) is 4.08. The lowest BCUT2D eigenvalue weighted by Crippen LogP contribution is -2.54. The Morgan fingerprint density at radius 1 is 1.43 bits per heavy atom. The van der Waals surface area contributed by atoms with Crippen molar-refractivity contribution >= 4 is 5.91 Å². The lowest BCUT2D eigenvalue weighted by molar-refractivity contribution is -0.187. The molecule has 0 aromatic rings.